The Morgan fingerprint density at radius 3 is 2.43 bits per heavy atom. The van der Waals surface area contributed by atoms with Crippen LogP contribution >= 0.6 is 27.5 Å². The molecule has 1 fully saturated rings. The highest BCUT2D eigenvalue weighted by molar-refractivity contribution is 9.10. The number of hydrogen-bond acceptors (Lipinski definition) is 3. The largest absolute Gasteiger partial charge is 0.367 e. The second kappa shape index (κ2) is 6.24. The van der Waals surface area contributed by atoms with Gasteiger partial charge in [0.25, 0.3) is 0 Å². The van der Waals surface area contributed by atoms with E-state index in [-0.39, 0.29) is 0 Å². The quantitative estimate of drug-likeness (QED) is 0.796. The van der Waals surface area contributed by atoms with Crippen molar-refractivity contribution < 1.29 is 0 Å². The maximum Gasteiger partial charge on any atom is 0.128 e. The first-order chi connectivity index (χ1) is 10.1. The van der Waals surface area contributed by atoms with Crippen LogP contribution in [0.1, 0.15) is 5.56 Å². The Bertz CT molecular complexity index is 639. The van der Waals surface area contributed by atoms with E-state index >= 15 is 0 Å². The van der Waals surface area contributed by atoms with E-state index < -0.39 is 0 Å². The summed E-state index contributed by atoms with van der Waals surface area (Å²) in [6, 6.07) is 10.2. The minimum Gasteiger partial charge on any atom is -0.367 e. The molecule has 0 N–H and O–H groups in total. The van der Waals surface area contributed by atoms with Crippen molar-refractivity contribution in [2.45, 2.75) is 6.92 Å². The Kier molecular flexibility index (Phi) is 4.36. The highest BCUT2D eigenvalue weighted by Crippen LogP contribution is 2.27. The molecule has 3 rings (SSSR count). The van der Waals surface area contributed by atoms with Crippen LogP contribution in [-0.4, -0.2) is 31.2 Å². The SMILES string of the molecule is Cc1cc(N2CCN(c3ccccc3Cl)CC2)ncc1Br. The van der Waals surface area contributed by atoms with Crippen LogP contribution in [0.25, 0.3) is 0 Å². The first-order valence-corrected chi connectivity index (χ1v) is 8.19. The molecule has 0 unspecified atom stereocenters. The van der Waals surface area contributed by atoms with Crippen molar-refractivity contribution in [1.82, 2.24) is 4.98 Å². The number of nitrogens with zero attached hydrogens (tertiary/aromatic N) is 3. The van der Waals surface area contributed by atoms with Gasteiger partial charge in [-0.1, -0.05) is 23.7 Å². The first-order valence-electron chi connectivity index (χ1n) is 7.02. The second-order valence-electron chi connectivity index (χ2n) is 5.22. The Morgan fingerprint density at radius 1 is 1.10 bits per heavy atom. The van der Waals surface area contributed by atoms with Gasteiger partial charge in [-0.3, -0.25) is 0 Å². The minimum atomic E-state index is 0.823. The van der Waals surface area contributed by atoms with Crippen LogP contribution in [0, 0.1) is 6.92 Å². The van der Waals surface area contributed by atoms with E-state index in [1.54, 1.807) is 0 Å². The van der Waals surface area contributed by atoms with Crippen LogP contribution in [0.3, 0.4) is 0 Å². The Balaban J connectivity index is 1.70. The van der Waals surface area contributed by atoms with Crippen molar-refractivity contribution in [3.63, 3.8) is 0 Å². The van der Waals surface area contributed by atoms with E-state index in [1.165, 1.54) is 5.56 Å². The Morgan fingerprint density at radius 2 is 1.76 bits per heavy atom. The van der Waals surface area contributed by atoms with Gasteiger partial charge in [-0.15, -0.1) is 0 Å². The number of anilines is 2. The molecular weight excluding hydrogens is 350 g/mol. The number of halogens is 2. The molecule has 1 aromatic carbocycles. The molecule has 1 aromatic heterocycles. The monoisotopic (exact) mass is 365 g/mol. The zero-order valence-corrected chi connectivity index (χ0v) is 14.2. The number of piperazine rings is 1. The third-order valence-corrected chi connectivity index (χ3v) is 4.98. The summed E-state index contributed by atoms with van der Waals surface area (Å²) in [6.45, 7) is 5.93. The topological polar surface area (TPSA) is 19.4 Å². The van der Waals surface area contributed by atoms with Crippen LogP contribution in [0.5, 0.6) is 0 Å². The van der Waals surface area contributed by atoms with Gasteiger partial charge >= 0.3 is 0 Å². The summed E-state index contributed by atoms with van der Waals surface area (Å²) in [5, 5.41) is 0.823. The molecule has 1 aliphatic rings. The number of hydrogen-bond donors (Lipinski definition) is 0. The molecule has 2 heterocycles. The van der Waals surface area contributed by atoms with E-state index in [1.807, 2.05) is 24.4 Å². The van der Waals surface area contributed by atoms with Gasteiger partial charge < -0.3 is 9.80 Å². The van der Waals surface area contributed by atoms with Crippen LogP contribution < -0.4 is 9.80 Å². The smallest absolute Gasteiger partial charge is 0.128 e. The van der Waals surface area contributed by atoms with Crippen molar-refractivity contribution >= 4 is 39.0 Å². The zero-order valence-electron chi connectivity index (χ0n) is 11.9. The number of aryl methyl sites for hydroxylation is 1. The fraction of sp³-hybridized carbons (Fsp3) is 0.312. The molecule has 0 atom stereocenters. The van der Waals surface area contributed by atoms with E-state index in [9.17, 15) is 0 Å². The average molecular weight is 367 g/mol. The number of aromatic nitrogens is 1. The average Bonchev–Trinajstić information content (AvgIpc) is 2.51. The molecule has 0 spiro atoms. The van der Waals surface area contributed by atoms with Gasteiger partial charge in [-0.25, -0.2) is 4.98 Å². The van der Waals surface area contributed by atoms with E-state index in [0.29, 0.717) is 0 Å². The van der Waals surface area contributed by atoms with E-state index in [4.69, 9.17) is 11.6 Å². The summed E-state index contributed by atoms with van der Waals surface area (Å²) in [6.07, 6.45) is 1.88. The van der Waals surface area contributed by atoms with Crippen LogP contribution in [0.2, 0.25) is 5.02 Å². The summed E-state index contributed by atoms with van der Waals surface area (Å²) in [7, 11) is 0. The van der Waals surface area contributed by atoms with Gasteiger partial charge in [0, 0.05) is 36.8 Å². The molecule has 5 heteroatoms. The third-order valence-electron chi connectivity index (χ3n) is 3.83. The number of benzene rings is 1. The van der Waals surface area contributed by atoms with Crippen molar-refractivity contribution in [2.24, 2.45) is 0 Å². The zero-order chi connectivity index (χ0) is 14.8. The maximum absolute atomic E-state index is 6.28. The summed E-state index contributed by atoms with van der Waals surface area (Å²) in [5.41, 5.74) is 2.34. The van der Waals surface area contributed by atoms with Gasteiger partial charge in [0.1, 0.15) is 5.82 Å². The second-order valence-corrected chi connectivity index (χ2v) is 6.48. The first kappa shape index (κ1) is 14.7. The normalized spacial score (nSPS) is 15.4. The standard InChI is InChI=1S/C16H17BrClN3/c1-12-10-16(19-11-13(12)17)21-8-6-20(7-9-21)15-5-3-2-4-14(15)18/h2-5,10-11H,6-9H2,1H3. The van der Waals surface area contributed by atoms with Crippen LogP contribution in [-0.2, 0) is 0 Å². The predicted molar refractivity (Wildman–Crippen MR) is 92.6 cm³/mol. The number of para-hydroxylation sites is 1. The maximum atomic E-state index is 6.28. The molecule has 0 bridgehead atoms. The molecule has 110 valence electrons. The molecule has 3 nitrogen and oxygen atoms in total. The van der Waals surface area contributed by atoms with Crippen molar-refractivity contribution in [3.05, 3.63) is 51.6 Å². The molecule has 0 radical (unpaired) electrons. The summed E-state index contributed by atoms with van der Waals surface area (Å²) in [4.78, 5) is 9.18. The van der Waals surface area contributed by atoms with Crippen molar-refractivity contribution in [1.29, 1.82) is 0 Å². The van der Waals surface area contributed by atoms with Crippen LogP contribution in [0.15, 0.2) is 41.0 Å². The summed E-state index contributed by atoms with van der Waals surface area (Å²) in [5.74, 6) is 1.05. The van der Waals surface area contributed by atoms with Gasteiger partial charge in [0.15, 0.2) is 0 Å². The Labute approximate surface area is 138 Å². The molecule has 0 aliphatic carbocycles. The van der Waals surface area contributed by atoms with Gasteiger partial charge in [0.05, 0.1) is 10.7 Å². The molecule has 0 saturated carbocycles. The lowest BCUT2D eigenvalue weighted by Gasteiger charge is -2.37. The molecular formula is C16H17BrClN3. The van der Waals surface area contributed by atoms with Gasteiger partial charge in [-0.05, 0) is 46.6 Å². The lowest BCUT2D eigenvalue weighted by atomic mass is 10.2. The third kappa shape index (κ3) is 3.16. The van der Waals surface area contributed by atoms with Gasteiger partial charge in [0.2, 0.25) is 0 Å². The highest BCUT2D eigenvalue weighted by atomic mass is 79.9. The fourth-order valence-corrected chi connectivity index (χ4v) is 3.05. The molecule has 21 heavy (non-hydrogen) atoms. The van der Waals surface area contributed by atoms with E-state index in [0.717, 1.165) is 47.2 Å². The van der Waals surface area contributed by atoms with E-state index in [2.05, 4.69) is 49.8 Å². The minimum absolute atomic E-state index is 0.823. The number of pyridine rings is 1. The predicted octanol–water partition coefficient (Wildman–Crippen LogP) is 4.13. The van der Waals surface area contributed by atoms with Crippen molar-refractivity contribution in [3.8, 4) is 0 Å². The molecule has 1 saturated heterocycles. The fourth-order valence-electron chi connectivity index (χ4n) is 2.58. The Hall–Kier alpha value is -1.26. The van der Waals surface area contributed by atoms with Crippen molar-refractivity contribution in [2.75, 3.05) is 36.0 Å². The molecule has 1 aliphatic heterocycles. The highest BCUT2D eigenvalue weighted by Gasteiger charge is 2.19. The molecule has 0 amide bonds. The lowest BCUT2D eigenvalue weighted by Crippen LogP contribution is -2.47. The van der Waals surface area contributed by atoms with Gasteiger partial charge in [-0.2, -0.15) is 0 Å². The summed E-state index contributed by atoms with van der Waals surface area (Å²) >= 11 is 9.77. The summed E-state index contributed by atoms with van der Waals surface area (Å²) < 4.78 is 1.06. The number of rotatable bonds is 2. The molecule has 2 aromatic rings. The van der Waals surface area contributed by atoms with Crippen LogP contribution in [0.4, 0.5) is 11.5 Å². The lowest BCUT2D eigenvalue weighted by molar-refractivity contribution is 0.647.